The number of nitrogens with zero attached hydrogens (tertiary/aromatic N) is 2. The molecule has 2 aromatic carbocycles. The molecular weight excluding hydrogens is 449 g/mol. The van der Waals surface area contributed by atoms with Gasteiger partial charge in [0.05, 0.1) is 23.3 Å². The zero-order valence-electron chi connectivity index (χ0n) is 17.6. The minimum Gasteiger partial charge on any atom is -0.489 e. The number of anilines is 1. The number of carbonyl (C=O) groups excluding carboxylic acids is 1. The normalized spacial score (nSPS) is 10.9. The molecule has 32 heavy (non-hydrogen) atoms. The van der Waals surface area contributed by atoms with Gasteiger partial charge in [-0.25, -0.2) is 4.39 Å². The summed E-state index contributed by atoms with van der Waals surface area (Å²) in [6.45, 7) is 4.82. The van der Waals surface area contributed by atoms with Gasteiger partial charge in [0, 0.05) is 16.8 Å². The second-order valence-electron chi connectivity index (χ2n) is 7.49. The van der Waals surface area contributed by atoms with Crippen LogP contribution in [-0.4, -0.2) is 15.7 Å². The molecule has 0 fully saturated rings. The maximum Gasteiger partial charge on any atom is 0.265 e. The van der Waals surface area contributed by atoms with Crippen LogP contribution in [0.3, 0.4) is 0 Å². The second kappa shape index (κ2) is 9.54. The Morgan fingerprint density at radius 2 is 2.06 bits per heavy atom. The van der Waals surface area contributed by atoms with E-state index in [4.69, 9.17) is 16.3 Å². The van der Waals surface area contributed by atoms with Crippen molar-refractivity contribution in [2.24, 2.45) is 0 Å². The molecule has 2 aromatic heterocycles. The minimum atomic E-state index is -0.387. The lowest BCUT2D eigenvalue weighted by Gasteiger charge is -2.08. The Labute approximate surface area is 194 Å². The second-order valence-corrected chi connectivity index (χ2v) is 8.81. The highest BCUT2D eigenvalue weighted by atomic mass is 35.5. The van der Waals surface area contributed by atoms with Crippen LogP contribution in [0.1, 0.15) is 31.9 Å². The number of rotatable bonds is 7. The van der Waals surface area contributed by atoms with Crippen LogP contribution in [0.4, 0.5) is 10.1 Å². The van der Waals surface area contributed by atoms with Gasteiger partial charge in [-0.15, -0.1) is 11.3 Å². The average molecular weight is 470 g/mol. The molecular formula is C24H21ClFN3O2S. The van der Waals surface area contributed by atoms with Gasteiger partial charge in [0.1, 0.15) is 18.2 Å². The highest BCUT2D eigenvalue weighted by molar-refractivity contribution is 7.12. The molecule has 5 nitrogen and oxygen atoms in total. The molecule has 0 saturated heterocycles. The third-order valence-electron chi connectivity index (χ3n) is 4.84. The van der Waals surface area contributed by atoms with Gasteiger partial charge < -0.3 is 10.1 Å². The van der Waals surface area contributed by atoms with E-state index >= 15 is 0 Å². The highest BCUT2D eigenvalue weighted by Crippen LogP contribution is 2.23. The number of hydrogen-bond donors (Lipinski definition) is 1. The molecule has 0 bridgehead atoms. The summed E-state index contributed by atoms with van der Waals surface area (Å²) in [5.41, 5.74) is 4.50. The molecule has 0 unspecified atom stereocenters. The van der Waals surface area contributed by atoms with E-state index in [-0.39, 0.29) is 11.7 Å². The van der Waals surface area contributed by atoms with Crippen LogP contribution in [0.5, 0.6) is 5.75 Å². The number of aryl methyl sites for hydroxylation is 2. The fourth-order valence-corrected chi connectivity index (χ4v) is 4.24. The van der Waals surface area contributed by atoms with Crippen LogP contribution in [0.15, 0.2) is 60.2 Å². The molecule has 164 valence electrons. The average Bonchev–Trinajstić information content (AvgIpc) is 3.39. The number of benzene rings is 2. The molecule has 4 aromatic rings. The SMILES string of the molecule is Cc1ccc(OCc2csc(C(=O)Nc3cnn(Cc4ccc(F)cc4Cl)c3)c2)c(C)c1. The van der Waals surface area contributed by atoms with E-state index in [1.165, 1.54) is 29.0 Å². The lowest BCUT2D eigenvalue weighted by atomic mass is 10.1. The molecule has 4 rings (SSSR count). The molecule has 0 aliphatic rings. The predicted molar refractivity (Wildman–Crippen MR) is 125 cm³/mol. The van der Waals surface area contributed by atoms with Gasteiger partial charge >= 0.3 is 0 Å². The number of nitrogens with one attached hydrogen (secondary N) is 1. The molecule has 1 N–H and O–H groups in total. The summed E-state index contributed by atoms with van der Waals surface area (Å²) in [5.74, 6) is 0.232. The minimum absolute atomic E-state index is 0.216. The first kappa shape index (κ1) is 22.0. The van der Waals surface area contributed by atoms with Gasteiger partial charge in [-0.1, -0.05) is 35.4 Å². The van der Waals surface area contributed by atoms with E-state index < -0.39 is 0 Å². The number of carbonyl (C=O) groups is 1. The first-order chi connectivity index (χ1) is 15.4. The van der Waals surface area contributed by atoms with Crippen molar-refractivity contribution in [2.75, 3.05) is 5.32 Å². The topological polar surface area (TPSA) is 56.1 Å². The van der Waals surface area contributed by atoms with Crippen molar-refractivity contribution in [3.63, 3.8) is 0 Å². The smallest absolute Gasteiger partial charge is 0.265 e. The lowest BCUT2D eigenvalue weighted by molar-refractivity contribution is 0.103. The number of aromatic nitrogens is 2. The summed E-state index contributed by atoms with van der Waals surface area (Å²) in [6.07, 6.45) is 3.27. The van der Waals surface area contributed by atoms with Gasteiger partial charge in [-0.05, 0) is 54.6 Å². The Hall–Kier alpha value is -3.16. The molecule has 2 heterocycles. The van der Waals surface area contributed by atoms with Gasteiger partial charge in [-0.3, -0.25) is 9.48 Å². The summed E-state index contributed by atoms with van der Waals surface area (Å²) in [4.78, 5) is 13.2. The van der Waals surface area contributed by atoms with E-state index in [0.29, 0.717) is 28.7 Å². The summed E-state index contributed by atoms with van der Waals surface area (Å²) >= 11 is 7.43. The Morgan fingerprint density at radius 3 is 2.84 bits per heavy atom. The Balaban J connectivity index is 1.35. The molecule has 1 amide bonds. The van der Waals surface area contributed by atoms with E-state index in [2.05, 4.69) is 16.5 Å². The van der Waals surface area contributed by atoms with Crippen LogP contribution in [-0.2, 0) is 13.2 Å². The van der Waals surface area contributed by atoms with Gasteiger partial charge in [0.25, 0.3) is 5.91 Å². The van der Waals surface area contributed by atoms with Crippen LogP contribution in [0, 0.1) is 19.7 Å². The fourth-order valence-electron chi connectivity index (χ4n) is 3.22. The van der Waals surface area contributed by atoms with E-state index in [9.17, 15) is 9.18 Å². The monoisotopic (exact) mass is 469 g/mol. The van der Waals surface area contributed by atoms with Crippen molar-refractivity contribution in [3.8, 4) is 5.75 Å². The van der Waals surface area contributed by atoms with Crippen LogP contribution >= 0.6 is 22.9 Å². The number of halogens is 2. The standard InChI is InChI=1S/C24H21ClFN3O2S/c1-15-3-6-22(16(2)7-15)31-13-17-8-23(32-14-17)24(30)28-20-10-27-29(12-20)11-18-4-5-19(26)9-21(18)25/h3-10,12,14H,11,13H2,1-2H3,(H,28,30). The fraction of sp³-hybridized carbons (Fsp3) is 0.167. The van der Waals surface area contributed by atoms with E-state index in [1.54, 1.807) is 23.1 Å². The summed E-state index contributed by atoms with van der Waals surface area (Å²) in [6, 6.07) is 12.1. The Morgan fingerprint density at radius 1 is 1.22 bits per heavy atom. The van der Waals surface area contributed by atoms with Gasteiger partial charge in [0.15, 0.2) is 0 Å². The molecule has 0 aliphatic carbocycles. The van der Waals surface area contributed by atoms with Crippen molar-refractivity contribution >= 4 is 34.5 Å². The number of ether oxygens (including phenoxy) is 1. The highest BCUT2D eigenvalue weighted by Gasteiger charge is 2.12. The lowest BCUT2D eigenvalue weighted by Crippen LogP contribution is -2.09. The van der Waals surface area contributed by atoms with Crippen molar-refractivity contribution in [1.29, 1.82) is 0 Å². The third-order valence-corrected chi connectivity index (χ3v) is 6.17. The Kier molecular flexibility index (Phi) is 6.58. The predicted octanol–water partition coefficient (Wildman–Crippen LogP) is 6.23. The summed E-state index contributed by atoms with van der Waals surface area (Å²) in [5, 5.41) is 9.33. The van der Waals surface area contributed by atoms with Crippen molar-refractivity contribution < 1.29 is 13.9 Å². The molecule has 0 saturated carbocycles. The quantitative estimate of drug-likeness (QED) is 0.349. The van der Waals surface area contributed by atoms with Crippen molar-refractivity contribution in [3.05, 3.63) is 98.2 Å². The van der Waals surface area contributed by atoms with Gasteiger partial charge in [0.2, 0.25) is 0 Å². The van der Waals surface area contributed by atoms with Crippen LogP contribution in [0.2, 0.25) is 5.02 Å². The Bertz CT molecular complexity index is 1270. The van der Waals surface area contributed by atoms with E-state index in [1.807, 2.05) is 37.4 Å². The summed E-state index contributed by atoms with van der Waals surface area (Å²) in [7, 11) is 0. The summed E-state index contributed by atoms with van der Waals surface area (Å²) < 4.78 is 20.7. The largest absolute Gasteiger partial charge is 0.489 e. The number of hydrogen-bond acceptors (Lipinski definition) is 4. The maximum absolute atomic E-state index is 13.2. The van der Waals surface area contributed by atoms with E-state index in [0.717, 1.165) is 22.4 Å². The maximum atomic E-state index is 13.2. The first-order valence-corrected chi connectivity index (χ1v) is 11.2. The number of amides is 1. The molecule has 0 spiro atoms. The molecule has 0 atom stereocenters. The van der Waals surface area contributed by atoms with Crippen LogP contribution < -0.4 is 10.1 Å². The van der Waals surface area contributed by atoms with Crippen molar-refractivity contribution in [1.82, 2.24) is 9.78 Å². The zero-order valence-corrected chi connectivity index (χ0v) is 19.1. The number of thiophene rings is 1. The van der Waals surface area contributed by atoms with Crippen molar-refractivity contribution in [2.45, 2.75) is 27.0 Å². The van der Waals surface area contributed by atoms with Gasteiger partial charge in [-0.2, -0.15) is 5.10 Å². The van der Waals surface area contributed by atoms with Crippen LogP contribution in [0.25, 0.3) is 0 Å². The molecule has 0 radical (unpaired) electrons. The first-order valence-electron chi connectivity index (χ1n) is 9.92. The molecule has 0 aliphatic heterocycles. The third kappa shape index (κ3) is 5.36. The molecule has 8 heteroatoms. The zero-order chi connectivity index (χ0) is 22.7.